The van der Waals surface area contributed by atoms with Gasteiger partial charge in [-0.2, -0.15) is 0 Å². The van der Waals surface area contributed by atoms with Gasteiger partial charge in [0.05, 0.1) is 6.42 Å². The summed E-state index contributed by atoms with van der Waals surface area (Å²) in [5.41, 5.74) is 3.28. The largest absolute Gasteiger partial charge is 0.361 e. The zero-order valence-corrected chi connectivity index (χ0v) is 11.7. The predicted octanol–water partition coefficient (Wildman–Crippen LogP) is 2.46. The van der Waals surface area contributed by atoms with E-state index in [1.807, 2.05) is 42.6 Å². The minimum atomic E-state index is 0.0498. The van der Waals surface area contributed by atoms with Crippen LogP contribution in [0, 0.1) is 0 Å². The van der Waals surface area contributed by atoms with Crippen molar-refractivity contribution in [2.24, 2.45) is 0 Å². The zero-order chi connectivity index (χ0) is 14.5. The van der Waals surface area contributed by atoms with Crippen LogP contribution in [0.2, 0.25) is 0 Å². The molecule has 0 aliphatic carbocycles. The highest BCUT2D eigenvalue weighted by molar-refractivity contribution is 5.88. The van der Waals surface area contributed by atoms with Gasteiger partial charge >= 0.3 is 0 Å². The summed E-state index contributed by atoms with van der Waals surface area (Å²) in [7, 11) is 0. The van der Waals surface area contributed by atoms with Gasteiger partial charge in [0.25, 0.3) is 0 Å². The minimum absolute atomic E-state index is 0.0498. The number of nitrogens with zero attached hydrogens (tertiary/aromatic N) is 1. The number of rotatable bonds is 5. The third-order valence-electron chi connectivity index (χ3n) is 3.51. The van der Waals surface area contributed by atoms with Crippen LogP contribution in [-0.2, 0) is 17.6 Å². The number of benzene rings is 1. The van der Waals surface area contributed by atoms with E-state index in [-0.39, 0.29) is 5.91 Å². The highest BCUT2D eigenvalue weighted by atomic mass is 16.1. The molecule has 0 saturated carbocycles. The highest BCUT2D eigenvalue weighted by Gasteiger charge is 2.07. The molecule has 0 fully saturated rings. The van der Waals surface area contributed by atoms with E-state index < -0.39 is 0 Å². The lowest BCUT2D eigenvalue weighted by atomic mass is 10.1. The molecular formula is C17H17N3O. The first-order valence-corrected chi connectivity index (χ1v) is 7.03. The smallest absolute Gasteiger partial charge is 0.224 e. The monoisotopic (exact) mass is 279 g/mol. The minimum Gasteiger partial charge on any atom is -0.361 e. The molecule has 1 aromatic carbocycles. The van der Waals surface area contributed by atoms with E-state index in [9.17, 15) is 4.79 Å². The van der Waals surface area contributed by atoms with Crippen LogP contribution < -0.4 is 5.32 Å². The Labute approximate surface area is 123 Å². The Morgan fingerprint density at radius 1 is 1.14 bits per heavy atom. The molecule has 0 bridgehead atoms. The standard InChI is InChI=1S/C17H17N3O/c21-17(19-10-7-13-5-8-18-9-6-13)11-14-12-20-16-4-2-1-3-15(14)16/h1-6,8-9,12,20H,7,10-11H2,(H,19,21). The fraction of sp³-hybridized carbons (Fsp3) is 0.176. The first-order chi connectivity index (χ1) is 10.3. The Bertz CT molecular complexity index is 734. The Morgan fingerprint density at radius 2 is 1.95 bits per heavy atom. The molecule has 0 aliphatic rings. The van der Waals surface area contributed by atoms with Crippen LogP contribution in [0.4, 0.5) is 0 Å². The van der Waals surface area contributed by atoms with Gasteiger partial charge in [0.15, 0.2) is 0 Å². The summed E-state index contributed by atoms with van der Waals surface area (Å²) in [6.07, 6.45) is 6.67. The van der Waals surface area contributed by atoms with Crippen LogP contribution in [0.5, 0.6) is 0 Å². The third-order valence-corrected chi connectivity index (χ3v) is 3.51. The molecule has 4 nitrogen and oxygen atoms in total. The zero-order valence-electron chi connectivity index (χ0n) is 11.7. The summed E-state index contributed by atoms with van der Waals surface area (Å²) in [6.45, 7) is 0.644. The molecule has 4 heteroatoms. The van der Waals surface area contributed by atoms with Crippen molar-refractivity contribution in [3.63, 3.8) is 0 Å². The van der Waals surface area contributed by atoms with Crippen molar-refractivity contribution in [2.75, 3.05) is 6.54 Å². The molecule has 2 aromatic heterocycles. The maximum atomic E-state index is 12.0. The molecule has 3 rings (SSSR count). The molecule has 2 heterocycles. The van der Waals surface area contributed by atoms with Gasteiger partial charge in [0.1, 0.15) is 0 Å². The summed E-state index contributed by atoms with van der Waals surface area (Å²) in [5, 5.41) is 4.07. The molecule has 0 unspecified atom stereocenters. The van der Waals surface area contributed by atoms with Crippen LogP contribution >= 0.6 is 0 Å². The number of amides is 1. The molecule has 21 heavy (non-hydrogen) atoms. The van der Waals surface area contributed by atoms with Crippen LogP contribution in [0.15, 0.2) is 55.0 Å². The second-order valence-corrected chi connectivity index (χ2v) is 4.99. The summed E-state index contributed by atoms with van der Waals surface area (Å²) >= 11 is 0. The maximum Gasteiger partial charge on any atom is 0.224 e. The number of hydrogen-bond donors (Lipinski definition) is 2. The number of aromatic nitrogens is 2. The Balaban J connectivity index is 1.55. The lowest BCUT2D eigenvalue weighted by Crippen LogP contribution is -2.27. The SMILES string of the molecule is O=C(Cc1c[nH]c2ccccc12)NCCc1ccncc1. The van der Waals surface area contributed by atoms with Gasteiger partial charge in [0.2, 0.25) is 5.91 Å². The van der Waals surface area contributed by atoms with E-state index in [4.69, 9.17) is 0 Å². The van der Waals surface area contributed by atoms with Crippen molar-refractivity contribution >= 4 is 16.8 Å². The molecule has 0 aliphatic heterocycles. The lowest BCUT2D eigenvalue weighted by molar-refractivity contribution is -0.120. The number of aromatic amines is 1. The average molecular weight is 279 g/mol. The van der Waals surface area contributed by atoms with E-state index >= 15 is 0 Å². The van der Waals surface area contributed by atoms with Crippen LogP contribution in [0.1, 0.15) is 11.1 Å². The molecule has 0 atom stereocenters. The number of nitrogens with one attached hydrogen (secondary N) is 2. The lowest BCUT2D eigenvalue weighted by Gasteiger charge is -2.05. The molecular weight excluding hydrogens is 262 g/mol. The molecule has 1 amide bonds. The summed E-state index contributed by atoms with van der Waals surface area (Å²) in [6, 6.07) is 11.9. The fourth-order valence-corrected chi connectivity index (χ4v) is 2.41. The Kier molecular flexibility index (Phi) is 3.96. The normalized spacial score (nSPS) is 10.7. The average Bonchev–Trinajstić information content (AvgIpc) is 2.92. The third kappa shape index (κ3) is 3.28. The molecule has 0 spiro atoms. The molecule has 3 aromatic rings. The van der Waals surface area contributed by atoms with E-state index in [0.29, 0.717) is 13.0 Å². The van der Waals surface area contributed by atoms with Crippen LogP contribution in [0.25, 0.3) is 10.9 Å². The first-order valence-electron chi connectivity index (χ1n) is 7.03. The quantitative estimate of drug-likeness (QED) is 0.753. The summed E-state index contributed by atoms with van der Waals surface area (Å²) in [4.78, 5) is 19.2. The van der Waals surface area contributed by atoms with E-state index in [1.165, 1.54) is 5.56 Å². The van der Waals surface area contributed by atoms with E-state index in [1.54, 1.807) is 12.4 Å². The van der Waals surface area contributed by atoms with Crippen LogP contribution in [0.3, 0.4) is 0 Å². The van der Waals surface area contributed by atoms with Gasteiger partial charge < -0.3 is 10.3 Å². The number of hydrogen-bond acceptors (Lipinski definition) is 2. The number of carbonyl (C=O) groups is 1. The first kappa shape index (κ1) is 13.4. The van der Waals surface area contributed by atoms with Gasteiger partial charge in [-0.15, -0.1) is 0 Å². The number of carbonyl (C=O) groups excluding carboxylic acids is 1. The molecule has 2 N–H and O–H groups in total. The van der Waals surface area contributed by atoms with Gasteiger partial charge in [0, 0.05) is 36.0 Å². The predicted molar refractivity (Wildman–Crippen MR) is 83.0 cm³/mol. The second kappa shape index (κ2) is 6.22. The Hall–Kier alpha value is -2.62. The number of fused-ring (bicyclic) bond motifs is 1. The van der Waals surface area contributed by atoms with Crippen molar-refractivity contribution in [1.82, 2.24) is 15.3 Å². The summed E-state index contributed by atoms with van der Waals surface area (Å²) < 4.78 is 0. The topological polar surface area (TPSA) is 57.8 Å². The maximum absolute atomic E-state index is 12.0. The highest BCUT2D eigenvalue weighted by Crippen LogP contribution is 2.17. The van der Waals surface area contributed by atoms with Gasteiger partial charge in [-0.25, -0.2) is 0 Å². The van der Waals surface area contributed by atoms with Gasteiger partial charge in [-0.05, 0) is 35.7 Å². The summed E-state index contributed by atoms with van der Waals surface area (Å²) in [5.74, 6) is 0.0498. The number of H-pyrrole nitrogens is 1. The van der Waals surface area contributed by atoms with Crippen molar-refractivity contribution in [2.45, 2.75) is 12.8 Å². The fourth-order valence-electron chi connectivity index (χ4n) is 2.41. The van der Waals surface area contributed by atoms with Crippen molar-refractivity contribution < 1.29 is 4.79 Å². The molecule has 106 valence electrons. The van der Waals surface area contributed by atoms with Crippen molar-refractivity contribution in [3.8, 4) is 0 Å². The molecule has 0 radical (unpaired) electrons. The van der Waals surface area contributed by atoms with Gasteiger partial charge in [-0.3, -0.25) is 9.78 Å². The van der Waals surface area contributed by atoms with E-state index in [2.05, 4.69) is 15.3 Å². The van der Waals surface area contributed by atoms with Crippen molar-refractivity contribution in [1.29, 1.82) is 0 Å². The number of para-hydroxylation sites is 1. The Morgan fingerprint density at radius 3 is 2.81 bits per heavy atom. The second-order valence-electron chi connectivity index (χ2n) is 4.99. The van der Waals surface area contributed by atoms with E-state index in [0.717, 1.165) is 22.9 Å². The van der Waals surface area contributed by atoms with Crippen LogP contribution in [-0.4, -0.2) is 22.4 Å². The number of pyridine rings is 1. The molecule has 0 saturated heterocycles. The van der Waals surface area contributed by atoms with Crippen molar-refractivity contribution in [3.05, 3.63) is 66.1 Å². The van der Waals surface area contributed by atoms with Gasteiger partial charge in [-0.1, -0.05) is 18.2 Å².